The van der Waals surface area contributed by atoms with Crippen LogP contribution < -0.4 is 5.32 Å². The van der Waals surface area contributed by atoms with E-state index in [0.717, 1.165) is 17.6 Å². The van der Waals surface area contributed by atoms with E-state index in [2.05, 4.69) is 29.8 Å². The van der Waals surface area contributed by atoms with Crippen LogP contribution in [-0.2, 0) is 16.1 Å². The number of hydrogen-bond acceptors (Lipinski definition) is 2. The van der Waals surface area contributed by atoms with E-state index in [-0.39, 0.29) is 24.7 Å². The molecule has 1 N–H and O–H groups in total. The van der Waals surface area contributed by atoms with Gasteiger partial charge in [0.25, 0.3) is 0 Å². The van der Waals surface area contributed by atoms with Gasteiger partial charge in [0.1, 0.15) is 0 Å². The lowest BCUT2D eigenvalue weighted by atomic mass is 10.2. The molecule has 0 aliphatic carbocycles. The Hall–Kier alpha value is -2.30. The van der Waals surface area contributed by atoms with Crippen LogP contribution in [0.25, 0.3) is 10.9 Å². The highest BCUT2D eigenvalue weighted by Crippen LogP contribution is 2.23. The summed E-state index contributed by atoms with van der Waals surface area (Å²) >= 11 is 0. The van der Waals surface area contributed by atoms with Crippen molar-refractivity contribution in [1.82, 2.24) is 9.47 Å². The molecule has 0 saturated heterocycles. The van der Waals surface area contributed by atoms with Gasteiger partial charge in [0.2, 0.25) is 11.8 Å². The van der Waals surface area contributed by atoms with Gasteiger partial charge in [-0.1, -0.05) is 0 Å². The highest BCUT2D eigenvalue weighted by Gasteiger charge is 2.10. The SMILES string of the molecule is CCn1c(C)cc2cc(NC(=O)CCC(=O)N(C)C)ccc21. The minimum absolute atomic E-state index is 0.0405. The van der Waals surface area contributed by atoms with Crippen molar-refractivity contribution in [3.63, 3.8) is 0 Å². The number of benzene rings is 1. The molecule has 5 nitrogen and oxygen atoms in total. The van der Waals surface area contributed by atoms with E-state index in [1.54, 1.807) is 14.1 Å². The smallest absolute Gasteiger partial charge is 0.224 e. The number of carbonyl (C=O) groups excluding carboxylic acids is 2. The number of nitrogens with zero attached hydrogens (tertiary/aromatic N) is 2. The van der Waals surface area contributed by atoms with Gasteiger partial charge in [-0.2, -0.15) is 0 Å². The zero-order valence-corrected chi connectivity index (χ0v) is 13.6. The van der Waals surface area contributed by atoms with Crippen molar-refractivity contribution in [1.29, 1.82) is 0 Å². The summed E-state index contributed by atoms with van der Waals surface area (Å²) in [4.78, 5) is 24.9. The van der Waals surface area contributed by atoms with Crippen LogP contribution in [0.3, 0.4) is 0 Å². The lowest BCUT2D eigenvalue weighted by Gasteiger charge is -2.10. The van der Waals surface area contributed by atoms with Crippen LogP contribution in [0, 0.1) is 6.92 Å². The molecule has 2 amide bonds. The van der Waals surface area contributed by atoms with Crippen LogP contribution in [0.5, 0.6) is 0 Å². The Labute approximate surface area is 130 Å². The van der Waals surface area contributed by atoms with E-state index < -0.39 is 0 Å². The second kappa shape index (κ2) is 6.64. The molecule has 2 aromatic rings. The van der Waals surface area contributed by atoms with Gasteiger partial charge >= 0.3 is 0 Å². The monoisotopic (exact) mass is 301 g/mol. The number of amides is 2. The Kier molecular flexibility index (Phi) is 4.85. The van der Waals surface area contributed by atoms with Crippen LogP contribution in [0.15, 0.2) is 24.3 Å². The van der Waals surface area contributed by atoms with Crippen molar-refractivity contribution < 1.29 is 9.59 Å². The molecule has 118 valence electrons. The first-order chi connectivity index (χ1) is 10.4. The van der Waals surface area contributed by atoms with Crippen molar-refractivity contribution in [3.8, 4) is 0 Å². The van der Waals surface area contributed by atoms with Crippen molar-refractivity contribution >= 4 is 28.4 Å². The molecule has 0 saturated carbocycles. The Bertz CT molecular complexity index is 701. The number of rotatable bonds is 5. The van der Waals surface area contributed by atoms with Crippen molar-refractivity contribution in [2.24, 2.45) is 0 Å². The number of nitrogens with one attached hydrogen (secondary N) is 1. The van der Waals surface area contributed by atoms with Crippen molar-refractivity contribution in [2.75, 3.05) is 19.4 Å². The molecular formula is C17H23N3O2. The second-order valence-electron chi connectivity index (χ2n) is 5.64. The third-order valence-electron chi connectivity index (χ3n) is 3.77. The molecule has 0 spiro atoms. The zero-order chi connectivity index (χ0) is 16.3. The fourth-order valence-corrected chi connectivity index (χ4v) is 2.57. The third-order valence-corrected chi connectivity index (χ3v) is 3.77. The summed E-state index contributed by atoms with van der Waals surface area (Å²) in [6.45, 7) is 5.12. The fraction of sp³-hybridized carbons (Fsp3) is 0.412. The average molecular weight is 301 g/mol. The lowest BCUT2D eigenvalue weighted by Crippen LogP contribution is -2.23. The Morgan fingerprint density at radius 1 is 1.18 bits per heavy atom. The van der Waals surface area contributed by atoms with E-state index in [4.69, 9.17) is 0 Å². The predicted molar refractivity (Wildman–Crippen MR) is 88.9 cm³/mol. The van der Waals surface area contributed by atoms with Gasteiger partial charge < -0.3 is 14.8 Å². The van der Waals surface area contributed by atoms with E-state index in [1.165, 1.54) is 16.1 Å². The number of aromatic nitrogens is 1. The van der Waals surface area contributed by atoms with Crippen LogP contribution in [0.2, 0.25) is 0 Å². The van der Waals surface area contributed by atoms with E-state index in [1.807, 2.05) is 18.2 Å². The third kappa shape index (κ3) is 3.47. The molecule has 0 unspecified atom stereocenters. The van der Waals surface area contributed by atoms with Gasteiger partial charge in [0.05, 0.1) is 0 Å². The summed E-state index contributed by atoms with van der Waals surface area (Å²) in [5, 5.41) is 3.97. The van der Waals surface area contributed by atoms with Crippen LogP contribution in [-0.4, -0.2) is 35.4 Å². The van der Waals surface area contributed by atoms with Gasteiger partial charge in [0.15, 0.2) is 0 Å². The number of carbonyl (C=O) groups is 2. The summed E-state index contributed by atoms with van der Waals surface area (Å²) in [7, 11) is 3.38. The van der Waals surface area contributed by atoms with Gasteiger partial charge in [-0.3, -0.25) is 9.59 Å². The molecule has 0 atom stereocenters. The van der Waals surface area contributed by atoms with E-state index in [0.29, 0.717) is 0 Å². The number of anilines is 1. The Morgan fingerprint density at radius 3 is 2.55 bits per heavy atom. The molecular weight excluding hydrogens is 278 g/mol. The Morgan fingerprint density at radius 2 is 1.91 bits per heavy atom. The molecule has 5 heteroatoms. The highest BCUT2D eigenvalue weighted by molar-refractivity contribution is 5.95. The molecule has 0 radical (unpaired) electrons. The van der Waals surface area contributed by atoms with Crippen LogP contribution >= 0.6 is 0 Å². The first-order valence-corrected chi connectivity index (χ1v) is 7.52. The minimum atomic E-state index is -0.138. The maximum absolute atomic E-state index is 11.9. The van der Waals surface area contributed by atoms with Crippen molar-refractivity contribution in [2.45, 2.75) is 33.2 Å². The van der Waals surface area contributed by atoms with Gasteiger partial charge in [-0.25, -0.2) is 0 Å². The largest absolute Gasteiger partial charge is 0.349 e. The molecule has 0 aliphatic rings. The first-order valence-electron chi connectivity index (χ1n) is 7.52. The summed E-state index contributed by atoms with van der Waals surface area (Å²) in [5.74, 6) is -0.178. The molecule has 0 bridgehead atoms. The molecule has 0 fully saturated rings. The summed E-state index contributed by atoms with van der Waals surface area (Å²) in [5.41, 5.74) is 3.14. The number of aryl methyl sites for hydroxylation is 2. The topological polar surface area (TPSA) is 54.3 Å². The molecule has 22 heavy (non-hydrogen) atoms. The first kappa shape index (κ1) is 16.1. The Balaban J connectivity index is 2.06. The fourth-order valence-electron chi connectivity index (χ4n) is 2.57. The van der Waals surface area contributed by atoms with Crippen LogP contribution in [0.4, 0.5) is 5.69 Å². The average Bonchev–Trinajstić information content (AvgIpc) is 2.78. The highest BCUT2D eigenvalue weighted by atomic mass is 16.2. The van der Waals surface area contributed by atoms with Gasteiger partial charge in [-0.05, 0) is 38.1 Å². The van der Waals surface area contributed by atoms with Crippen molar-refractivity contribution in [3.05, 3.63) is 30.0 Å². The predicted octanol–water partition coefficient (Wildman–Crippen LogP) is 2.78. The normalized spacial score (nSPS) is 10.7. The molecule has 0 aliphatic heterocycles. The molecule has 1 heterocycles. The summed E-state index contributed by atoms with van der Waals surface area (Å²) in [6.07, 6.45) is 0.427. The number of hydrogen-bond donors (Lipinski definition) is 1. The maximum atomic E-state index is 11.9. The molecule has 2 rings (SSSR count). The standard InChI is InChI=1S/C17H23N3O2/c1-5-20-12(2)10-13-11-14(6-7-15(13)20)18-16(21)8-9-17(22)19(3)4/h6-7,10-11H,5,8-9H2,1-4H3,(H,18,21). The minimum Gasteiger partial charge on any atom is -0.349 e. The summed E-state index contributed by atoms with van der Waals surface area (Å²) < 4.78 is 2.23. The van der Waals surface area contributed by atoms with Crippen LogP contribution in [0.1, 0.15) is 25.5 Å². The maximum Gasteiger partial charge on any atom is 0.224 e. The molecule has 1 aromatic heterocycles. The van der Waals surface area contributed by atoms with Gasteiger partial charge in [-0.15, -0.1) is 0 Å². The molecule has 1 aromatic carbocycles. The lowest BCUT2D eigenvalue weighted by molar-refractivity contribution is -0.130. The second-order valence-corrected chi connectivity index (χ2v) is 5.64. The van der Waals surface area contributed by atoms with Gasteiger partial charge in [0, 0.05) is 55.8 Å². The van der Waals surface area contributed by atoms with E-state index in [9.17, 15) is 9.59 Å². The summed E-state index contributed by atoms with van der Waals surface area (Å²) in [6, 6.07) is 8.01. The number of fused-ring (bicyclic) bond motifs is 1. The van der Waals surface area contributed by atoms with E-state index >= 15 is 0 Å². The quantitative estimate of drug-likeness (QED) is 0.923. The zero-order valence-electron chi connectivity index (χ0n) is 13.6.